The summed E-state index contributed by atoms with van der Waals surface area (Å²) < 4.78 is 42.4. The number of aryl methyl sites for hydroxylation is 2. The van der Waals surface area contributed by atoms with E-state index in [0.29, 0.717) is 51.3 Å². The Bertz CT molecular complexity index is 1360. The SMILES string of the molecule is CCc1cc2c(cc1F)c(C#N)c(-c1cc(C)c(NC(C)C(F)F)cn1)n2-c1ccccn1. The van der Waals surface area contributed by atoms with Crippen molar-refractivity contribution in [2.75, 3.05) is 5.32 Å². The Kier molecular flexibility index (Phi) is 6.05. The first-order valence-corrected chi connectivity index (χ1v) is 10.6. The van der Waals surface area contributed by atoms with Gasteiger partial charge in [-0.1, -0.05) is 13.0 Å². The Hall–Kier alpha value is -3.86. The van der Waals surface area contributed by atoms with E-state index in [9.17, 15) is 18.4 Å². The van der Waals surface area contributed by atoms with Crippen LogP contribution < -0.4 is 5.32 Å². The van der Waals surface area contributed by atoms with Crippen LogP contribution in [0.15, 0.2) is 48.8 Å². The van der Waals surface area contributed by atoms with Gasteiger partial charge in [-0.3, -0.25) is 9.55 Å². The molecule has 1 N–H and O–H groups in total. The van der Waals surface area contributed by atoms with Crippen LogP contribution in [0.3, 0.4) is 0 Å². The molecule has 0 saturated carbocycles. The fraction of sp³-hybridized carbons (Fsp3) is 0.240. The highest BCUT2D eigenvalue weighted by atomic mass is 19.3. The van der Waals surface area contributed by atoms with Crippen molar-refractivity contribution in [3.63, 3.8) is 0 Å². The second kappa shape index (κ2) is 8.94. The van der Waals surface area contributed by atoms with E-state index < -0.39 is 12.5 Å². The number of halogens is 3. The molecule has 0 saturated heterocycles. The molecule has 4 aromatic rings. The second-order valence-corrected chi connectivity index (χ2v) is 7.83. The smallest absolute Gasteiger partial charge is 0.258 e. The van der Waals surface area contributed by atoms with E-state index in [1.165, 1.54) is 19.2 Å². The van der Waals surface area contributed by atoms with Gasteiger partial charge in [0.05, 0.1) is 40.4 Å². The first-order valence-electron chi connectivity index (χ1n) is 10.6. The van der Waals surface area contributed by atoms with E-state index >= 15 is 0 Å². The molecule has 3 heterocycles. The summed E-state index contributed by atoms with van der Waals surface area (Å²) in [6, 6.07) is 11.4. The Morgan fingerprint density at radius 2 is 1.97 bits per heavy atom. The molecule has 1 unspecified atom stereocenters. The number of benzene rings is 1. The number of fused-ring (bicyclic) bond motifs is 1. The first-order chi connectivity index (χ1) is 15.8. The number of hydrogen-bond donors (Lipinski definition) is 1. The predicted octanol–water partition coefficient (Wildman–Crippen LogP) is 6.03. The lowest BCUT2D eigenvalue weighted by atomic mass is 10.1. The molecule has 0 amide bonds. The molecule has 8 heteroatoms. The number of nitrogens with zero attached hydrogens (tertiary/aromatic N) is 4. The zero-order valence-corrected chi connectivity index (χ0v) is 18.4. The summed E-state index contributed by atoms with van der Waals surface area (Å²) in [5, 5.41) is 13.3. The normalized spacial score (nSPS) is 12.2. The van der Waals surface area contributed by atoms with Gasteiger partial charge in [-0.15, -0.1) is 0 Å². The average Bonchev–Trinajstić information content (AvgIpc) is 3.13. The van der Waals surface area contributed by atoms with Crippen molar-refractivity contribution in [2.45, 2.75) is 39.7 Å². The van der Waals surface area contributed by atoms with Gasteiger partial charge in [0.15, 0.2) is 0 Å². The molecule has 0 aliphatic heterocycles. The minimum Gasteiger partial charge on any atom is -0.375 e. The highest BCUT2D eigenvalue weighted by Gasteiger charge is 2.24. The topological polar surface area (TPSA) is 66.5 Å². The molecular formula is C25H22F3N5. The van der Waals surface area contributed by atoms with Gasteiger partial charge in [0.2, 0.25) is 0 Å². The molecule has 0 aliphatic rings. The predicted molar refractivity (Wildman–Crippen MR) is 122 cm³/mol. The first kappa shape index (κ1) is 22.3. The van der Waals surface area contributed by atoms with E-state index in [1.54, 1.807) is 42.0 Å². The third-order valence-electron chi connectivity index (χ3n) is 5.62. The van der Waals surface area contributed by atoms with Gasteiger partial charge in [-0.05, 0) is 61.7 Å². The number of rotatable bonds is 6. The van der Waals surface area contributed by atoms with Gasteiger partial charge < -0.3 is 5.32 Å². The highest BCUT2D eigenvalue weighted by molar-refractivity contribution is 5.96. The summed E-state index contributed by atoms with van der Waals surface area (Å²) >= 11 is 0. The standard InChI is InChI=1S/C25H22F3N5/c1-4-16-10-22-17(11-19(16)26)18(12-29)24(33(22)23-7-5-6-8-30-23)20-9-14(2)21(13-31-20)32-15(3)25(27)28/h5-11,13,15,25,32H,4H2,1-3H3. The Morgan fingerprint density at radius 3 is 2.58 bits per heavy atom. The van der Waals surface area contributed by atoms with Gasteiger partial charge in [0.1, 0.15) is 17.7 Å². The minimum absolute atomic E-state index is 0.269. The molecule has 4 rings (SSSR count). The summed E-state index contributed by atoms with van der Waals surface area (Å²) in [5.41, 5.74) is 3.53. The number of alkyl halides is 2. The van der Waals surface area contributed by atoms with Gasteiger partial charge >= 0.3 is 0 Å². The average molecular weight is 449 g/mol. The Labute approximate surface area is 189 Å². The van der Waals surface area contributed by atoms with Crippen molar-refractivity contribution in [3.8, 4) is 23.3 Å². The Morgan fingerprint density at radius 1 is 1.18 bits per heavy atom. The molecule has 3 aromatic heterocycles. The lowest BCUT2D eigenvalue weighted by Gasteiger charge is -2.17. The molecule has 0 aliphatic carbocycles. The van der Waals surface area contributed by atoms with Crippen molar-refractivity contribution in [1.29, 1.82) is 5.26 Å². The van der Waals surface area contributed by atoms with Crippen LogP contribution in [0.2, 0.25) is 0 Å². The lowest BCUT2D eigenvalue weighted by Crippen LogP contribution is -2.24. The summed E-state index contributed by atoms with van der Waals surface area (Å²) in [7, 11) is 0. The van der Waals surface area contributed by atoms with Crippen LogP contribution in [0.4, 0.5) is 18.9 Å². The summed E-state index contributed by atoms with van der Waals surface area (Å²) in [4.78, 5) is 8.92. The van der Waals surface area contributed by atoms with Crippen molar-refractivity contribution in [2.24, 2.45) is 0 Å². The molecule has 0 fully saturated rings. The van der Waals surface area contributed by atoms with E-state index in [1.807, 2.05) is 13.0 Å². The molecule has 1 aromatic carbocycles. The maximum absolute atomic E-state index is 14.7. The number of aromatic nitrogens is 3. The van der Waals surface area contributed by atoms with E-state index in [0.717, 1.165) is 0 Å². The molecule has 0 bridgehead atoms. The number of nitriles is 1. The fourth-order valence-corrected chi connectivity index (χ4v) is 3.85. The lowest BCUT2D eigenvalue weighted by molar-refractivity contribution is 0.130. The van der Waals surface area contributed by atoms with Crippen molar-refractivity contribution >= 4 is 16.6 Å². The number of nitrogens with one attached hydrogen (secondary N) is 1. The maximum atomic E-state index is 14.7. The second-order valence-electron chi connectivity index (χ2n) is 7.83. The highest BCUT2D eigenvalue weighted by Crippen LogP contribution is 2.37. The third-order valence-corrected chi connectivity index (χ3v) is 5.62. The molecule has 1 atom stereocenters. The molecule has 0 spiro atoms. The zero-order valence-electron chi connectivity index (χ0n) is 18.4. The Balaban J connectivity index is 1.99. The van der Waals surface area contributed by atoms with Crippen molar-refractivity contribution < 1.29 is 13.2 Å². The van der Waals surface area contributed by atoms with Gasteiger partial charge in [0, 0.05) is 11.6 Å². The number of hydrogen-bond acceptors (Lipinski definition) is 4. The number of pyridine rings is 2. The summed E-state index contributed by atoms with van der Waals surface area (Å²) in [6.07, 6.45) is 1.08. The van der Waals surface area contributed by atoms with E-state index in [2.05, 4.69) is 21.4 Å². The van der Waals surface area contributed by atoms with Gasteiger partial charge in [-0.2, -0.15) is 5.26 Å². The zero-order chi connectivity index (χ0) is 23.7. The number of anilines is 1. The minimum atomic E-state index is -2.52. The maximum Gasteiger partial charge on any atom is 0.258 e. The van der Waals surface area contributed by atoms with Crippen LogP contribution in [0.5, 0.6) is 0 Å². The van der Waals surface area contributed by atoms with Crippen LogP contribution >= 0.6 is 0 Å². The van der Waals surface area contributed by atoms with Gasteiger partial charge in [-0.25, -0.2) is 18.2 Å². The molecule has 5 nitrogen and oxygen atoms in total. The monoisotopic (exact) mass is 449 g/mol. The van der Waals surface area contributed by atoms with Crippen LogP contribution in [0.25, 0.3) is 28.1 Å². The van der Waals surface area contributed by atoms with Crippen LogP contribution in [-0.2, 0) is 6.42 Å². The largest absolute Gasteiger partial charge is 0.375 e. The quantitative estimate of drug-likeness (QED) is 0.390. The van der Waals surface area contributed by atoms with Crippen LogP contribution in [0.1, 0.15) is 30.5 Å². The summed E-state index contributed by atoms with van der Waals surface area (Å²) in [5.74, 6) is 0.177. The van der Waals surface area contributed by atoms with E-state index in [-0.39, 0.29) is 11.4 Å². The molecule has 168 valence electrons. The molecule has 0 radical (unpaired) electrons. The fourth-order valence-electron chi connectivity index (χ4n) is 3.85. The van der Waals surface area contributed by atoms with Crippen LogP contribution in [-0.4, -0.2) is 27.0 Å². The van der Waals surface area contributed by atoms with Crippen molar-refractivity contribution in [1.82, 2.24) is 14.5 Å². The van der Waals surface area contributed by atoms with Crippen molar-refractivity contribution in [3.05, 3.63) is 71.3 Å². The van der Waals surface area contributed by atoms with Crippen LogP contribution in [0, 0.1) is 24.1 Å². The van der Waals surface area contributed by atoms with Gasteiger partial charge in [0.25, 0.3) is 6.43 Å². The third kappa shape index (κ3) is 4.02. The van der Waals surface area contributed by atoms with E-state index in [4.69, 9.17) is 0 Å². The summed E-state index contributed by atoms with van der Waals surface area (Å²) in [6.45, 7) is 5.03. The molecular weight excluding hydrogens is 427 g/mol. The molecule has 33 heavy (non-hydrogen) atoms.